The highest BCUT2D eigenvalue weighted by Gasteiger charge is 2.06. The molecule has 76 valence electrons. The molecule has 1 unspecified atom stereocenters. The Hall–Kier alpha value is -1.04. The van der Waals surface area contributed by atoms with Crippen LogP contribution in [0.25, 0.3) is 0 Å². The first-order valence-electron chi connectivity index (χ1n) is 5.23. The van der Waals surface area contributed by atoms with Crippen LogP contribution in [0, 0.1) is 5.41 Å². The number of hydrogen-bond acceptors (Lipinski definition) is 0. The lowest BCUT2D eigenvalue weighted by Gasteiger charge is -2.13. The molecule has 1 rings (SSSR count). The van der Waals surface area contributed by atoms with Gasteiger partial charge in [0.05, 0.1) is 0 Å². The van der Waals surface area contributed by atoms with Gasteiger partial charge in [-0.1, -0.05) is 70.2 Å². The maximum atomic E-state index is 2.29. The largest absolute Gasteiger partial charge is 0.0825 e. The zero-order chi connectivity index (χ0) is 10.6. The molecule has 0 aromatic heterocycles. The summed E-state index contributed by atoms with van der Waals surface area (Å²) in [6.45, 7) is 8.90. The first kappa shape index (κ1) is 11.0. The van der Waals surface area contributed by atoms with E-state index in [1.54, 1.807) is 0 Å². The minimum Gasteiger partial charge on any atom is -0.0825 e. The topological polar surface area (TPSA) is 0 Å². The molecule has 1 aromatic carbocycles. The van der Waals surface area contributed by atoms with Crippen molar-refractivity contribution in [2.45, 2.75) is 33.6 Å². The van der Waals surface area contributed by atoms with Gasteiger partial charge in [-0.15, -0.1) is 0 Å². The zero-order valence-corrected chi connectivity index (χ0v) is 9.62. The molecule has 0 bridgehead atoms. The molecular weight excluding hydrogens is 168 g/mol. The Kier molecular flexibility index (Phi) is 3.51. The van der Waals surface area contributed by atoms with Crippen molar-refractivity contribution in [3.63, 3.8) is 0 Å². The van der Waals surface area contributed by atoms with Gasteiger partial charge in [-0.05, 0) is 16.9 Å². The molecule has 14 heavy (non-hydrogen) atoms. The van der Waals surface area contributed by atoms with Gasteiger partial charge in [-0.3, -0.25) is 0 Å². The standard InChI is InChI=1S/C14H20/c1-12(10-11-14(2,3)4)13-8-6-5-7-9-13/h5-12H,1-4H3/b11-10-. The van der Waals surface area contributed by atoms with Crippen LogP contribution in [0.1, 0.15) is 39.2 Å². The van der Waals surface area contributed by atoms with E-state index < -0.39 is 0 Å². The summed E-state index contributed by atoms with van der Waals surface area (Å²) in [7, 11) is 0. The summed E-state index contributed by atoms with van der Waals surface area (Å²) in [5.74, 6) is 0.510. The average Bonchev–Trinajstić information content (AvgIpc) is 2.14. The molecule has 0 radical (unpaired) electrons. The quantitative estimate of drug-likeness (QED) is 0.604. The van der Waals surface area contributed by atoms with Crippen molar-refractivity contribution in [1.82, 2.24) is 0 Å². The maximum absolute atomic E-state index is 2.29. The Morgan fingerprint density at radius 1 is 1.07 bits per heavy atom. The van der Waals surface area contributed by atoms with Crippen LogP contribution >= 0.6 is 0 Å². The molecule has 0 aliphatic rings. The van der Waals surface area contributed by atoms with Gasteiger partial charge in [0, 0.05) is 0 Å². The lowest BCUT2D eigenvalue weighted by molar-refractivity contribution is 0.541. The molecule has 0 heteroatoms. The molecule has 0 aliphatic carbocycles. The Bertz CT molecular complexity index is 288. The van der Waals surface area contributed by atoms with Gasteiger partial charge in [0.2, 0.25) is 0 Å². The fourth-order valence-corrected chi connectivity index (χ4v) is 1.30. The highest BCUT2D eigenvalue weighted by molar-refractivity contribution is 5.23. The molecule has 1 aromatic rings. The Morgan fingerprint density at radius 3 is 2.14 bits per heavy atom. The normalized spacial score (nSPS) is 14.6. The molecule has 1 atom stereocenters. The lowest BCUT2D eigenvalue weighted by Crippen LogP contribution is -2.00. The number of hydrogen-bond donors (Lipinski definition) is 0. The van der Waals surface area contributed by atoms with Crippen LogP contribution in [-0.2, 0) is 0 Å². The average molecular weight is 188 g/mol. The molecule has 0 N–H and O–H groups in total. The SMILES string of the molecule is CC(/C=C\C(C)(C)C)c1ccccc1. The predicted molar refractivity (Wildman–Crippen MR) is 63.5 cm³/mol. The Morgan fingerprint density at radius 2 is 1.64 bits per heavy atom. The number of allylic oxidation sites excluding steroid dienone is 2. The van der Waals surface area contributed by atoms with Crippen LogP contribution in [0.4, 0.5) is 0 Å². The summed E-state index contributed by atoms with van der Waals surface area (Å²) in [6, 6.07) is 10.6. The fraction of sp³-hybridized carbons (Fsp3) is 0.429. The summed E-state index contributed by atoms with van der Waals surface area (Å²) in [4.78, 5) is 0. The van der Waals surface area contributed by atoms with Crippen LogP contribution in [0.15, 0.2) is 42.5 Å². The zero-order valence-electron chi connectivity index (χ0n) is 9.62. The van der Waals surface area contributed by atoms with Crippen molar-refractivity contribution in [3.8, 4) is 0 Å². The third-order valence-electron chi connectivity index (χ3n) is 2.21. The lowest BCUT2D eigenvalue weighted by atomic mass is 9.92. The van der Waals surface area contributed by atoms with Crippen LogP contribution < -0.4 is 0 Å². The van der Waals surface area contributed by atoms with Gasteiger partial charge < -0.3 is 0 Å². The second-order valence-electron chi connectivity index (χ2n) is 4.92. The second kappa shape index (κ2) is 4.45. The fourth-order valence-electron chi connectivity index (χ4n) is 1.30. The molecule has 0 saturated carbocycles. The third kappa shape index (κ3) is 3.78. The number of benzene rings is 1. The van der Waals surface area contributed by atoms with E-state index in [1.165, 1.54) is 5.56 Å². The van der Waals surface area contributed by atoms with Gasteiger partial charge in [0.1, 0.15) is 0 Å². The second-order valence-corrected chi connectivity index (χ2v) is 4.92. The van der Waals surface area contributed by atoms with E-state index in [4.69, 9.17) is 0 Å². The van der Waals surface area contributed by atoms with Gasteiger partial charge in [0.25, 0.3) is 0 Å². The summed E-state index contributed by atoms with van der Waals surface area (Å²) in [5, 5.41) is 0. The maximum Gasteiger partial charge on any atom is -0.00102 e. The van der Waals surface area contributed by atoms with E-state index in [9.17, 15) is 0 Å². The van der Waals surface area contributed by atoms with E-state index in [0.29, 0.717) is 5.92 Å². The molecule has 0 heterocycles. The minimum atomic E-state index is 0.281. The van der Waals surface area contributed by atoms with E-state index in [1.807, 2.05) is 0 Å². The summed E-state index contributed by atoms with van der Waals surface area (Å²) in [6.07, 6.45) is 4.57. The third-order valence-corrected chi connectivity index (χ3v) is 2.21. The van der Waals surface area contributed by atoms with Crippen molar-refractivity contribution in [2.75, 3.05) is 0 Å². The highest BCUT2D eigenvalue weighted by Crippen LogP contribution is 2.21. The molecule has 0 fully saturated rings. The van der Waals surface area contributed by atoms with E-state index in [2.05, 4.69) is 70.2 Å². The molecular formula is C14H20. The molecule has 0 saturated heterocycles. The first-order valence-corrected chi connectivity index (χ1v) is 5.23. The van der Waals surface area contributed by atoms with E-state index >= 15 is 0 Å². The first-order chi connectivity index (χ1) is 6.49. The van der Waals surface area contributed by atoms with Gasteiger partial charge in [-0.2, -0.15) is 0 Å². The van der Waals surface area contributed by atoms with Crippen LogP contribution in [0.2, 0.25) is 0 Å². The van der Waals surface area contributed by atoms with Crippen molar-refractivity contribution in [1.29, 1.82) is 0 Å². The van der Waals surface area contributed by atoms with Crippen molar-refractivity contribution < 1.29 is 0 Å². The summed E-state index contributed by atoms with van der Waals surface area (Å²) >= 11 is 0. The molecule has 0 spiro atoms. The molecule has 0 nitrogen and oxygen atoms in total. The van der Waals surface area contributed by atoms with Crippen molar-refractivity contribution in [3.05, 3.63) is 48.0 Å². The van der Waals surface area contributed by atoms with Crippen LogP contribution in [0.3, 0.4) is 0 Å². The minimum absolute atomic E-state index is 0.281. The van der Waals surface area contributed by atoms with Crippen LogP contribution in [-0.4, -0.2) is 0 Å². The molecule has 0 aliphatic heterocycles. The van der Waals surface area contributed by atoms with Crippen molar-refractivity contribution in [2.24, 2.45) is 5.41 Å². The monoisotopic (exact) mass is 188 g/mol. The van der Waals surface area contributed by atoms with E-state index in [0.717, 1.165) is 0 Å². The van der Waals surface area contributed by atoms with Gasteiger partial charge in [0.15, 0.2) is 0 Å². The summed E-state index contributed by atoms with van der Waals surface area (Å²) < 4.78 is 0. The predicted octanol–water partition coefficient (Wildman–Crippen LogP) is 4.39. The number of rotatable bonds is 2. The highest BCUT2D eigenvalue weighted by atomic mass is 14.1. The van der Waals surface area contributed by atoms with Gasteiger partial charge in [-0.25, -0.2) is 0 Å². The van der Waals surface area contributed by atoms with Crippen LogP contribution in [0.5, 0.6) is 0 Å². The van der Waals surface area contributed by atoms with Crippen molar-refractivity contribution >= 4 is 0 Å². The Balaban J connectivity index is 2.69. The summed E-state index contributed by atoms with van der Waals surface area (Å²) in [5.41, 5.74) is 1.66. The Labute approximate surface area is 87.7 Å². The van der Waals surface area contributed by atoms with E-state index in [-0.39, 0.29) is 5.41 Å². The van der Waals surface area contributed by atoms with Gasteiger partial charge >= 0.3 is 0 Å². The molecule has 0 amide bonds. The smallest absolute Gasteiger partial charge is 0.00102 e.